The van der Waals surface area contributed by atoms with Crippen molar-refractivity contribution in [3.8, 4) is 0 Å². The van der Waals surface area contributed by atoms with Crippen molar-refractivity contribution in [3.05, 3.63) is 0 Å². The van der Waals surface area contributed by atoms with Crippen LogP contribution in [0.2, 0.25) is 0 Å². The molecule has 1 aliphatic heterocycles. The van der Waals surface area contributed by atoms with Gasteiger partial charge in [0, 0.05) is 12.6 Å². The lowest BCUT2D eigenvalue weighted by Crippen LogP contribution is -2.30. The van der Waals surface area contributed by atoms with E-state index in [9.17, 15) is 4.79 Å². The summed E-state index contributed by atoms with van der Waals surface area (Å²) in [6, 6.07) is 0.618. The Hall–Kier alpha value is -0.530. The van der Waals surface area contributed by atoms with Crippen molar-refractivity contribution in [2.24, 2.45) is 5.92 Å². The fourth-order valence-electron chi connectivity index (χ4n) is 2.09. The van der Waals surface area contributed by atoms with E-state index in [0.29, 0.717) is 6.04 Å². The van der Waals surface area contributed by atoms with Crippen LogP contribution in [0.15, 0.2) is 0 Å². The smallest absolute Gasteiger partial charge is 0.209 e. The fraction of sp³-hybridized carbons (Fsp3) is 0.857. The van der Waals surface area contributed by atoms with Gasteiger partial charge in [0.1, 0.15) is 0 Å². The Balaban J connectivity index is 2.09. The zero-order valence-electron chi connectivity index (χ0n) is 5.42. The van der Waals surface area contributed by atoms with E-state index in [-0.39, 0.29) is 0 Å². The molecule has 0 unspecified atom stereocenters. The van der Waals surface area contributed by atoms with Crippen molar-refractivity contribution in [3.63, 3.8) is 0 Å². The number of rotatable bonds is 1. The van der Waals surface area contributed by atoms with Crippen molar-refractivity contribution >= 4 is 6.41 Å². The molecule has 50 valence electrons. The van der Waals surface area contributed by atoms with Gasteiger partial charge in [-0.15, -0.1) is 0 Å². The zero-order valence-corrected chi connectivity index (χ0v) is 5.42. The van der Waals surface area contributed by atoms with E-state index in [2.05, 4.69) is 0 Å². The van der Waals surface area contributed by atoms with Gasteiger partial charge in [0.25, 0.3) is 0 Å². The molecule has 1 saturated carbocycles. The van der Waals surface area contributed by atoms with Crippen molar-refractivity contribution in [2.45, 2.75) is 25.3 Å². The second-order valence-electron chi connectivity index (χ2n) is 3.14. The minimum Gasteiger partial charge on any atom is -0.342 e. The first-order chi connectivity index (χ1) is 4.40. The minimum atomic E-state index is 0.618. The van der Waals surface area contributed by atoms with Gasteiger partial charge in [0.2, 0.25) is 6.41 Å². The third kappa shape index (κ3) is 0.655. The van der Waals surface area contributed by atoms with Crippen molar-refractivity contribution in [1.29, 1.82) is 0 Å². The molecule has 2 fully saturated rings. The SMILES string of the molecule is O=CN1C[C@H]2CC[C@@H]1C2. The summed E-state index contributed by atoms with van der Waals surface area (Å²) in [7, 11) is 0. The molecular formula is C7H11NO. The molecule has 0 aromatic carbocycles. The zero-order chi connectivity index (χ0) is 6.27. The largest absolute Gasteiger partial charge is 0.342 e. The van der Waals surface area contributed by atoms with Crippen LogP contribution in [0.4, 0.5) is 0 Å². The number of carbonyl (C=O) groups is 1. The van der Waals surface area contributed by atoms with Crippen LogP contribution >= 0.6 is 0 Å². The first-order valence-corrected chi connectivity index (χ1v) is 3.61. The standard InChI is InChI=1S/C7H11NO/c9-5-8-4-6-1-2-7(8)3-6/h5-7H,1-4H2/t6-,7+/m0/s1. The summed E-state index contributed by atoms with van der Waals surface area (Å²) in [5.41, 5.74) is 0. The molecule has 2 nitrogen and oxygen atoms in total. The predicted molar refractivity (Wildman–Crippen MR) is 33.9 cm³/mol. The summed E-state index contributed by atoms with van der Waals surface area (Å²) in [5.74, 6) is 0.847. The van der Waals surface area contributed by atoms with Gasteiger partial charge in [0.05, 0.1) is 0 Å². The quantitative estimate of drug-likeness (QED) is 0.471. The first-order valence-electron chi connectivity index (χ1n) is 3.61. The Morgan fingerprint density at radius 1 is 1.44 bits per heavy atom. The molecule has 2 bridgehead atoms. The number of hydrogen-bond donors (Lipinski definition) is 0. The summed E-state index contributed by atoms with van der Waals surface area (Å²) in [6.07, 6.45) is 4.89. The molecular weight excluding hydrogens is 114 g/mol. The number of hydrogen-bond acceptors (Lipinski definition) is 1. The second-order valence-corrected chi connectivity index (χ2v) is 3.14. The number of carbonyl (C=O) groups excluding carboxylic acids is 1. The lowest BCUT2D eigenvalue weighted by molar-refractivity contribution is -0.119. The normalized spacial score (nSPS) is 39.8. The predicted octanol–water partition coefficient (Wildman–Crippen LogP) is 0.627. The van der Waals surface area contributed by atoms with E-state index in [1.54, 1.807) is 0 Å². The van der Waals surface area contributed by atoms with Gasteiger partial charge in [-0.3, -0.25) is 4.79 Å². The van der Waals surface area contributed by atoms with Gasteiger partial charge in [-0.1, -0.05) is 0 Å². The van der Waals surface area contributed by atoms with Crippen molar-refractivity contribution in [1.82, 2.24) is 4.90 Å². The molecule has 2 rings (SSSR count). The van der Waals surface area contributed by atoms with Crippen LogP contribution in [0, 0.1) is 5.92 Å². The molecule has 0 N–H and O–H groups in total. The first kappa shape index (κ1) is 5.27. The van der Waals surface area contributed by atoms with Crippen LogP contribution in [0.3, 0.4) is 0 Å². The van der Waals surface area contributed by atoms with E-state index in [4.69, 9.17) is 0 Å². The summed E-state index contributed by atoms with van der Waals surface area (Å²) < 4.78 is 0. The van der Waals surface area contributed by atoms with Crippen LogP contribution in [-0.4, -0.2) is 23.9 Å². The molecule has 2 aliphatic rings. The summed E-state index contributed by atoms with van der Waals surface area (Å²) in [5, 5.41) is 0. The Morgan fingerprint density at radius 3 is 2.67 bits per heavy atom. The Labute approximate surface area is 54.8 Å². The Bertz CT molecular complexity index is 135. The number of piperidine rings is 1. The maximum atomic E-state index is 10.3. The van der Waals surface area contributed by atoms with Crippen LogP contribution in [0.1, 0.15) is 19.3 Å². The van der Waals surface area contributed by atoms with Crippen LogP contribution in [0.25, 0.3) is 0 Å². The Morgan fingerprint density at radius 2 is 2.33 bits per heavy atom. The molecule has 2 atom stereocenters. The van der Waals surface area contributed by atoms with Gasteiger partial charge >= 0.3 is 0 Å². The summed E-state index contributed by atoms with van der Waals surface area (Å²) in [6.45, 7) is 1.04. The highest BCUT2D eigenvalue weighted by molar-refractivity contribution is 5.49. The molecule has 0 spiro atoms. The second kappa shape index (κ2) is 1.72. The molecule has 1 heterocycles. The van der Waals surface area contributed by atoms with Gasteiger partial charge in [-0.25, -0.2) is 0 Å². The fourth-order valence-corrected chi connectivity index (χ4v) is 2.09. The lowest BCUT2D eigenvalue weighted by Gasteiger charge is -2.21. The third-order valence-corrected chi connectivity index (χ3v) is 2.59. The van der Waals surface area contributed by atoms with Gasteiger partial charge in [-0.05, 0) is 25.2 Å². The van der Waals surface area contributed by atoms with E-state index in [0.717, 1.165) is 18.9 Å². The highest BCUT2D eigenvalue weighted by Gasteiger charge is 2.36. The molecule has 0 aromatic rings. The Kier molecular flexibility index (Phi) is 1.01. The highest BCUT2D eigenvalue weighted by atomic mass is 16.1. The topological polar surface area (TPSA) is 20.3 Å². The molecule has 0 aromatic heterocycles. The molecule has 1 aliphatic carbocycles. The van der Waals surface area contributed by atoms with E-state index < -0.39 is 0 Å². The van der Waals surface area contributed by atoms with Crippen LogP contribution in [0.5, 0.6) is 0 Å². The summed E-state index contributed by atoms with van der Waals surface area (Å²) in [4.78, 5) is 12.3. The number of nitrogens with zero attached hydrogens (tertiary/aromatic N) is 1. The molecule has 0 radical (unpaired) electrons. The average Bonchev–Trinajstić information content (AvgIpc) is 2.45. The van der Waals surface area contributed by atoms with E-state index >= 15 is 0 Å². The number of amides is 1. The van der Waals surface area contributed by atoms with Crippen LogP contribution < -0.4 is 0 Å². The van der Waals surface area contributed by atoms with Gasteiger partial charge in [0.15, 0.2) is 0 Å². The molecule has 9 heavy (non-hydrogen) atoms. The van der Waals surface area contributed by atoms with Crippen molar-refractivity contribution < 1.29 is 4.79 Å². The van der Waals surface area contributed by atoms with Crippen molar-refractivity contribution in [2.75, 3.05) is 6.54 Å². The number of likely N-dealkylation sites (tertiary alicyclic amines) is 1. The highest BCUT2D eigenvalue weighted by Crippen LogP contribution is 2.35. The third-order valence-electron chi connectivity index (χ3n) is 2.59. The van der Waals surface area contributed by atoms with E-state index in [1.165, 1.54) is 19.3 Å². The minimum absolute atomic E-state index is 0.618. The molecule has 2 heteroatoms. The lowest BCUT2D eigenvalue weighted by atomic mass is 10.1. The maximum Gasteiger partial charge on any atom is 0.209 e. The maximum absolute atomic E-state index is 10.3. The summed E-state index contributed by atoms with van der Waals surface area (Å²) >= 11 is 0. The van der Waals surface area contributed by atoms with Gasteiger partial charge < -0.3 is 4.90 Å². The van der Waals surface area contributed by atoms with E-state index in [1.807, 2.05) is 4.90 Å². The monoisotopic (exact) mass is 125 g/mol. The van der Waals surface area contributed by atoms with Crippen LogP contribution in [-0.2, 0) is 4.79 Å². The molecule has 1 amide bonds. The molecule has 1 saturated heterocycles. The number of fused-ring (bicyclic) bond motifs is 2. The average molecular weight is 125 g/mol. The van der Waals surface area contributed by atoms with Gasteiger partial charge in [-0.2, -0.15) is 0 Å².